The van der Waals surface area contributed by atoms with Gasteiger partial charge in [-0.25, -0.2) is 4.98 Å². The number of ether oxygens (including phenoxy) is 1. The molecule has 8 nitrogen and oxygen atoms in total. The smallest absolute Gasteiger partial charge is 0.245 e. The maximum atomic E-state index is 12.6. The number of carbonyl (C=O) groups is 1. The molecule has 9 heteroatoms. The first-order valence-electron chi connectivity index (χ1n) is 8.70. The maximum absolute atomic E-state index is 12.6. The van der Waals surface area contributed by atoms with E-state index in [1.54, 1.807) is 11.3 Å². The van der Waals surface area contributed by atoms with Crippen molar-refractivity contribution in [2.75, 3.05) is 37.7 Å². The highest BCUT2D eigenvalue weighted by Gasteiger charge is 2.33. The van der Waals surface area contributed by atoms with Gasteiger partial charge in [0.05, 0.1) is 19.8 Å². The van der Waals surface area contributed by atoms with Crippen LogP contribution in [0.1, 0.15) is 32.1 Å². The number of rotatable bonds is 4. The lowest BCUT2D eigenvalue weighted by Gasteiger charge is -2.31. The van der Waals surface area contributed by atoms with Crippen molar-refractivity contribution >= 4 is 22.4 Å². The zero-order valence-corrected chi connectivity index (χ0v) is 15.3. The van der Waals surface area contributed by atoms with Gasteiger partial charge in [-0.1, -0.05) is 6.92 Å². The summed E-state index contributed by atoms with van der Waals surface area (Å²) in [6.07, 6.45) is 0.939. The topological polar surface area (TPSA) is 76.4 Å². The predicted octanol–water partition coefficient (Wildman–Crippen LogP) is 1.55. The SMILES string of the molecule is CCCN1Cc2nnc(-c3csc(N4CCOCC4)n3)n2[C@H](C)C1=O. The Labute approximate surface area is 150 Å². The average molecular weight is 362 g/mol. The average Bonchev–Trinajstić information content (AvgIpc) is 3.27. The Morgan fingerprint density at radius 1 is 1.32 bits per heavy atom. The third-order valence-corrected chi connectivity index (χ3v) is 5.55. The van der Waals surface area contributed by atoms with Crippen molar-refractivity contribution in [3.8, 4) is 11.5 Å². The normalized spacial score (nSPS) is 20.9. The number of aromatic nitrogens is 4. The van der Waals surface area contributed by atoms with Gasteiger partial charge in [0.1, 0.15) is 11.7 Å². The van der Waals surface area contributed by atoms with Crippen molar-refractivity contribution in [1.82, 2.24) is 24.6 Å². The lowest BCUT2D eigenvalue weighted by atomic mass is 10.2. The first-order chi connectivity index (χ1) is 12.2. The van der Waals surface area contributed by atoms with Gasteiger partial charge in [-0.05, 0) is 13.3 Å². The van der Waals surface area contributed by atoms with E-state index in [-0.39, 0.29) is 11.9 Å². The van der Waals surface area contributed by atoms with Crippen LogP contribution in [0, 0.1) is 0 Å². The number of anilines is 1. The molecule has 1 amide bonds. The summed E-state index contributed by atoms with van der Waals surface area (Å²) in [4.78, 5) is 21.4. The molecule has 134 valence electrons. The summed E-state index contributed by atoms with van der Waals surface area (Å²) in [6, 6.07) is -0.297. The molecule has 1 atom stereocenters. The molecule has 0 spiro atoms. The van der Waals surface area contributed by atoms with Crippen LogP contribution in [0.2, 0.25) is 0 Å². The summed E-state index contributed by atoms with van der Waals surface area (Å²) in [5.74, 6) is 1.64. The summed E-state index contributed by atoms with van der Waals surface area (Å²) in [5.41, 5.74) is 0.786. The van der Waals surface area contributed by atoms with E-state index >= 15 is 0 Å². The Kier molecular flexibility index (Phi) is 4.43. The largest absolute Gasteiger partial charge is 0.378 e. The van der Waals surface area contributed by atoms with Crippen molar-refractivity contribution < 1.29 is 9.53 Å². The molecule has 4 rings (SSSR count). The summed E-state index contributed by atoms with van der Waals surface area (Å²) in [5, 5.41) is 11.6. The van der Waals surface area contributed by atoms with Gasteiger partial charge in [0.25, 0.3) is 0 Å². The zero-order chi connectivity index (χ0) is 17.4. The highest BCUT2D eigenvalue weighted by molar-refractivity contribution is 7.14. The third-order valence-electron chi connectivity index (χ3n) is 4.65. The number of carbonyl (C=O) groups excluding carboxylic acids is 1. The van der Waals surface area contributed by atoms with E-state index in [0.29, 0.717) is 12.4 Å². The number of morpholine rings is 1. The molecule has 0 aromatic carbocycles. The molecule has 0 aliphatic carbocycles. The Morgan fingerprint density at radius 2 is 2.12 bits per heavy atom. The van der Waals surface area contributed by atoms with Crippen LogP contribution in [0.4, 0.5) is 5.13 Å². The number of hydrogen-bond acceptors (Lipinski definition) is 7. The first kappa shape index (κ1) is 16.5. The predicted molar refractivity (Wildman–Crippen MR) is 94.6 cm³/mol. The van der Waals surface area contributed by atoms with E-state index < -0.39 is 0 Å². The number of nitrogens with zero attached hydrogens (tertiary/aromatic N) is 6. The van der Waals surface area contributed by atoms with Gasteiger partial charge >= 0.3 is 0 Å². The molecule has 4 heterocycles. The summed E-state index contributed by atoms with van der Waals surface area (Å²) in [7, 11) is 0. The molecule has 0 radical (unpaired) electrons. The van der Waals surface area contributed by atoms with Gasteiger partial charge in [-0.3, -0.25) is 9.36 Å². The molecule has 0 N–H and O–H groups in total. The molecule has 25 heavy (non-hydrogen) atoms. The fraction of sp³-hybridized carbons (Fsp3) is 0.625. The van der Waals surface area contributed by atoms with Crippen LogP contribution in [0.5, 0.6) is 0 Å². The number of hydrogen-bond donors (Lipinski definition) is 0. The molecule has 0 unspecified atom stereocenters. The Balaban J connectivity index is 1.63. The summed E-state index contributed by atoms with van der Waals surface area (Å²) in [6.45, 7) is 8.42. The third kappa shape index (κ3) is 2.91. The standard InChI is InChI=1S/C16H22N6O2S/c1-3-4-21-9-13-18-19-14(22(13)11(2)15(21)23)12-10-25-16(17-12)20-5-7-24-8-6-20/h10-11H,3-9H2,1-2H3/t11-/m1/s1. The van der Waals surface area contributed by atoms with Crippen molar-refractivity contribution in [3.05, 3.63) is 11.2 Å². The molecule has 1 saturated heterocycles. The second kappa shape index (κ2) is 6.72. The molecule has 1 fully saturated rings. The van der Waals surface area contributed by atoms with Crippen LogP contribution in [-0.2, 0) is 16.1 Å². The minimum Gasteiger partial charge on any atom is -0.378 e. The molecule has 0 bridgehead atoms. The quantitative estimate of drug-likeness (QED) is 0.821. The van der Waals surface area contributed by atoms with E-state index in [1.165, 1.54) is 0 Å². The molecule has 2 aromatic rings. The van der Waals surface area contributed by atoms with Crippen molar-refractivity contribution in [1.29, 1.82) is 0 Å². The summed E-state index contributed by atoms with van der Waals surface area (Å²) >= 11 is 1.60. The van der Waals surface area contributed by atoms with Crippen molar-refractivity contribution in [3.63, 3.8) is 0 Å². The second-order valence-electron chi connectivity index (χ2n) is 6.36. The molecular weight excluding hydrogens is 340 g/mol. The highest BCUT2D eigenvalue weighted by atomic mass is 32.1. The van der Waals surface area contributed by atoms with Crippen LogP contribution in [-0.4, -0.2) is 63.4 Å². The second-order valence-corrected chi connectivity index (χ2v) is 7.20. The minimum atomic E-state index is -0.297. The molecule has 2 aliphatic heterocycles. The van der Waals surface area contributed by atoms with Crippen LogP contribution >= 0.6 is 11.3 Å². The Hall–Kier alpha value is -2.00. The van der Waals surface area contributed by atoms with Crippen molar-refractivity contribution in [2.45, 2.75) is 32.9 Å². The monoisotopic (exact) mass is 362 g/mol. The first-order valence-corrected chi connectivity index (χ1v) is 9.58. The summed E-state index contributed by atoms with van der Waals surface area (Å²) < 4.78 is 7.33. The molecule has 0 saturated carbocycles. The fourth-order valence-corrected chi connectivity index (χ4v) is 4.22. The van der Waals surface area contributed by atoms with Gasteiger partial charge < -0.3 is 14.5 Å². The number of thiazole rings is 1. The van der Waals surface area contributed by atoms with Gasteiger partial charge in [0.15, 0.2) is 16.8 Å². The van der Waals surface area contributed by atoms with E-state index in [2.05, 4.69) is 22.0 Å². The van der Waals surface area contributed by atoms with Crippen molar-refractivity contribution in [2.24, 2.45) is 0 Å². The van der Waals surface area contributed by atoms with E-state index in [9.17, 15) is 4.79 Å². The Bertz CT molecular complexity index is 767. The number of fused-ring (bicyclic) bond motifs is 1. The molecular formula is C16H22N6O2S. The minimum absolute atomic E-state index is 0.124. The van der Waals surface area contributed by atoms with Gasteiger partial charge in [-0.2, -0.15) is 0 Å². The van der Waals surface area contributed by atoms with Gasteiger partial charge in [0, 0.05) is 25.0 Å². The van der Waals surface area contributed by atoms with Crippen LogP contribution < -0.4 is 4.90 Å². The van der Waals surface area contributed by atoms with Gasteiger partial charge in [0.2, 0.25) is 5.91 Å². The number of amides is 1. The lowest BCUT2D eigenvalue weighted by Crippen LogP contribution is -2.42. The maximum Gasteiger partial charge on any atom is 0.245 e. The van der Waals surface area contributed by atoms with E-state index in [4.69, 9.17) is 9.72 Å². The van der Waals surface area contributed by atoms with E-state index in [1.807, 2.05) is 21.8 Å². The van der Waals surface area contributed by atoms with Crippen LogP contribution in [0.3, 0.4) is 0 Å². The fourth-order valence-electron chi connectivity index (χ4n) is 3.36. The van der Waals surface area contributed by atoms with Crippen LogP contribution in [0.25, 0.3) is 11.5 Å². The van der Waals surface area contributed by atoms with E-state index in [0.717, 1.165) is 55.9 Å². The zero-order valence-electron chi connectivity index (χ0n) is 14.5. The van der Waals surface area contributed by atoms with Crippen LogP contribution in [0.15, 0.2) is 5.38 Å². The molecule has 2 aromatic heterocycles. The molecule has 2 aliphatic rings. The lowest BCUT2D eigenvalue weighted by molar-refractivity contribution is -0.136. The van der Waals surface area contributed by atoms with Gasteiger partial charge in [-0.15, -0.1) is 21.5 Å². The Morgan fingerprint density at radius 3 is 2.88 bits per heavy atom. The highest BCUT2D eigenvalue weighted by Crippen LogP contribution is 2.31.